The quantitative estimate of drug-likeness (QED) is 0.640. The van der Waals surface area contributed by atoms with E-state index in [9.17, 15) is 0 Å². The molecule has 0 aliphatic heterocycles. The van der Waals surface area contributed by atoms with Gasteiger partial charge >= 0.3 is 0 Å². The van der Waals surface area contributed by atoms with Crippen LogP contribution in [0.15, 0.2) is 0 Å². The van der Waals surface area contributed by atoms with Crippen LogP contribution >= 0.6 is 0 Å². The molecule has 0 saturated heterocycles. The fraction of sp³-hybridized carbons (Fsp3) is 1.00. The van der Waals surface area contributed by atoms with E-state index in [1.54, 1.807) is 0 Å². The van der Waals surface area contributed by atoms with Crippen LogP contribution in [0.4, 0.5) is 0 Å². The third-order valence-electron chi connectivity index (χ3n) is 2.60. The highest BCUT2D eigenvalue weighted by molar-refractivity contribution is 4.74. The van der Waals surface area contributed by atoms with Crippen LogP contribution in [0.5, 0.6) is 0 Å². The third-order valence-corrected chi connectivity index (χ3v) is 2.60. The first kappa shape index (κ1) is 8.06. The molecule has 0 unspecified atom stereocenters. The van der Waals surface area contributed by atoms with Crippen molar-refractivity contribution >= 4 is 0 Å². The fourth-order valence-corrected chi connectivity index (χ4v) is 2.01. The zero-order valence-corrected chi connectivity index (χ0v) is 6.84. The average molecular weight is 142 g/mol. The standard InChI is InChI=1S/C9H18O/c1-2-3-8-4-5-9(6-8)7-10/h8-10H,2-7H2,1H3/t8-,9-/m1/s1. The van der Waals surface area contributed by atoms with Crippen molar-refractivity contribution in [3.8, 4) is 0 Å². The van der Waals surface area contributed by atoms with Crippen molar-refractivity contribution in [2.75, 3.05) is 6.61 Å². The third kappa shape index (κ3) is 1.98. The Kier molecular flexibility index (Phi) is 3.20. The first-order chi connectivity index (χ1) is 4.86. The molecule has 0 aromatic carbocycles. The van der Waals surface area contributed by atoms with Crippen LogP contribution in [0.25, 0.3) is 0 Å². The van der Waals surface area contributed by atoms with E-state index in [0.717, 1.165) is 5.92 Å². The van der Waals surface area contributed by atoms with Gasteiger partial charge in [-0.05, 0) is 24.7 Å². The fourth-order valence-electron chi connectivity index (χ4n) is 2.01. The Bertz CT molecular complexity index is 90.7. The summed E-state index contributed by atoms with van der Waals surface area (Å²) in [5.74, 6) is 1.57. The molecule has 1 N–H and O–H groups in total. The predicted molar refractivity (Wildman–Crippen MR) is 42.8 cm³/mol. The van der Waals surface area contributed by atoms with Crippen molar-refractivity contribution in [2.24, 2.45) is 11.8 Å². The Morgan fingerprint density at radius 3 is 2.50 bits per heavy atom. The van der Waals surface area contributed by atoms with Gasteiger partial charge in [0.1, 0.15) is 0 Å². The van der Waals surface area contributed by atoms with E-state index >= 15 is 0 Å². The SMILES string of the molecule is CCC[C@@H]1CC[C@@H](CO)C1. The predicted octanol–water partition coefficient (Wildman–Crippen LogP) is 2.20. The van der Waals surface area contributed by atoms with Gasteiger partial charge in [-0.15, -0.1) is 0 Å². The minimum atomic E-state index is 0.417. The zero-order chi connectivity index (χ0) is 7.40. The zero-order valence-electron chi connectivity index (χ0n) is 6.84. The highest BCUT2D eigenvalue weighted by atomic mass is 16.3. The lowest BCUT2D eigenvalue weighted by Crippen LogP contribution is -2.00. The Hall–Kier alpha value is -0.0400. The molecule has 0 aromatic heterocycles. The van der Waals surface area contributed by atoms with Gasteiger partial charge in [0.25, 0.3) is 0 Å². The molecule has 1 saturated carbocycles. The highest BCUT2D eigenvalue weighted by Gasteiger charge is 2.22. The molecule has 1 fully saturated rings. The van der Waals surface area contributed by atoms with Crippen LogP contribution in [-0.4, -0.2) is 11.7 Å². The summed E-state index contributed by atoms with van der Waals surface area (Å²) in [6, 6.07) is 0. The molecule has 1 aliphatic carbocycles. The number of aliphatic hydroxyl groups is 1. The van der Waals surface area contributed by atoms with Crippen LogP contribution in [-0.2, 0) is 0 Å². The first-order valence-corrected chi connectivity index (χ1v) is 4.47. The molecule has 0 radical (unpaired) electrons. The molecule has 1 heteroatoms. The van der Waals surface area contributed by atoms with E-state index in [0.29, 0.717) is 12.5 Å². The Morgan fingerprint density at radius 2 is 2.00 bits per heavy atom. The Labute approximate surface area is 63.4 Å². The van der Waals surface area contributed by atoms with Crippen LogP contribution in [0, 0.1) is 11.8 Å². The lowest BCUT2D eigenvalue weighted by molar-refractivity contribution is 0.225. The molecule has 0 aromatic rings. The Morgan fingerprint density at radius 1 is 1.30 bits per heavy atom. The first-order valence-electron chi connectivity index (χ1n) is 4.47. The van der Waals surface area contributed by atoms with Crippen molar-refractivity contribution in [2.45, 2.75) is 39.0 Å². The van der Waals surface area contributed by atoms with Gasteiger partial charge in [-0.3, -0.25) is 0 Å². The van der Waals surface area contributed by atoms with Gasteiger partial charge < -0.3 is 5.11 Å². The van der Waals surface area contributed by atoms with Crippen molar-refractivity contribution in [1.29, 1.82) is 0 Å². The number of aliphatic hydroxyl groups excluding tert-OH is 1. The van der Waals surface area contributed by atoms with Crippen molar-refractivity contribution in [3.63, 3.8) is 0 Å². The summed E-state index contributed by atoms with van der Waals surface area (Å²) in [4.78, 5) is 0. The maximum Gasteiger partial charge on any atom is 0.0459 e. The topological polar surface area (TPSA) is 20.2 Å². The molecule has 10 heavy (non-hydrogen) atoms. The maximum absolute atomic E-state index is 8.85. The molecular weight excluding hydrogens is 124 g/mol. The van der Waals surface area contributed by atoms with E-state index < -0.39 is 0 Å². The van der Waals surface area contributed by atoms with E-state index in [1.807, 2.05) is 0 Å². The highest BCUT2D eigenvalue weighted by Crippen LogP contribution is 2.33. The summed E-state index contributed by atoms with van der Waals surface area (Å²) < 4.78 is 0. The number of hydrogen-bond donors (Lipinski definition) is 1. The molecule has 0 bridgehead atoms. The Balaban J connectivity index is 2.15. The summed E-state index contributed by atoms with van der Waals surface area (Å²) in [5, 5.41) is 8.85. The van der Waals surface area contributed by atoms with Gasteiger partial charge in [-0.25, -0.2) is 0 Å². The molecular formula is C9H18O. The molecule has 0 spiro atoms. The van der Waals surface area contributed by atoms with Crippen LogP contribution < -0.4 is 0 Å². The second kappa shape index (κ2) is 3.97. The summed E-state index contributed by atoms with van der Waals surface area (Å²) in [6.45, 7) is 2.66. The lowest BCUT2D eigenvalue weighted by atomic mass is 10.0. The van der Waals surface area contributed by atoms with E-state index in [2.05, 4.69) is 6.92 Å². The molecule has 60 valence electrons. The number of rotatable bonds is 3. The van der Waals surface area contributed by atoms with E-state index in [1.165, 1.54) is 32.1 Å². The molecule has 1 nitrogen and oxygen atoms in total. The smallest absolute Gasteiger partial charge is 0.0459 e. The summed E-state index contributed by atoms with van der Waals surface area (Å²) in [7, 11) is 0. The normalized spacial score (nSPS) is 33.0. The summed E-state index contributed by atoms with van der Waals surface area (Å²) >= 11 is 0. The van der Waals surface area contributed by atoms with Crippen LogP contribution in [0.3, 0.4) is 0 Å². The second-order valence-corrected chi connectivity index (χ2v) is 3.52. The average Bonchev–Trinajstić information content (AvgIpc) is 2.37. The molecule has 0 heterocycles. The van der Waals surface area contributed by atoms with Crippen LogP contribution in [0.1, 0.15) is 39.0 Å². The molecule has 0 amide bonds. The minimum absolute atomic E-state index is 0.417. The van der Waals surface area contributed by atoms with Gasteiger partial charge in [0.05, 0.1) is 0 Å². The van der Waals surface area contributed by atoms with Gasteiger partial charge in [0, 0.05) is 6.61 Å². The molecule has 1 aliphatic rings. The van der Waals surface area contributed by atoms with Crippen molar-refractivity contribution in [1.82, 2.24) is 0 Å². The van der Waals surface area contributed by atoms with E-state index in [4.69, 9.17) is 5.11 Å². The molecule has 2 atom stereocenters. The monoisotopic (exact) mass is 142 g/mol. The van der Waals surface area contributed by atoms with Gasteiger partial charge in [-0.2, -0.15) is 0 Å². The summed E-state index contributed by atoms with van der Waals surface area (Å²) in [5.41, 5.74) is 0. The van der Waals surface area contributed by atoms with Gasteiger partial charge in [0.15, 0.2) is 0 Å². The van der Waals surface area contributed by atoms with E-state index in [-0.39, 0.29) is 0 Å². The van der Waals surface area contributed by atoms with Crippen LogP contribution in [0.2, 0.25) is 0 Å². The van der Waals surface area contributed by atoms with Crippen molar-refractivity contribution in [3.05, 3.63) is 0 Å². The maximum atomic E-state index is 8.85. The summed E-state index contributed by atoms with van der Waals surface area (Å²) in [6.07, 6.45) is 6.59. The largest absolute Gasteiger partial charge is 0.396 e. The lowest BCUT2D eigenvalue weighted by Gasteiger charge is -2.06. The second-order valence-electron chi connectivity index (χ2n) is 3.52. The van der Waals surface area contributed by atoms with Gasteiger partial charge in [0.2, 0.25) is 0 Å². The van der Waals surface area contributed by atoms with Gasteiger partial charge in [-0.1, -0.05) is 26.2 Å². The minimum Gasteiger partial charge on any atom is -0.396 e. The van der Waals surface area contributed by atoms with Crippen molar-refractivity contribution < 1.29 is 5.11 Å². The molecule has 1 rings (SSSR count). The number of hydrogen-bond acceptors (Lipinski definition) is 1.